The molecule has 1 aliphatic carbocycles. The molecule has 8 heteroatoms. The van der Waals surface area contributed by atoms with Gasteiger partial charge in [-0.1, -0.05) is 49.6 Å². The molecule has 1 saturated carbocycles. The molecule has 4 amide bonds. The summed E-state index contributed by atoms with van der Waals surface area (Å²) in [5.74, 6) is -0.0319. The smallest absolute Gasteiger partial charge is 0.325 e. The van der Waals surface area contributed by atoms with Crippen LogP contribution < -0.4 is 15.4 Å². The first-order chi connectivity index (χ1) is 15.1. The number of urea groups is 1. The van der Waals surface area contributed by atoms with Gasteiger partial charge in [0.15, 0.2) is 0 Å². The zero-order valence-electron chi connectivity index (χ0n) is 17.3. The van der Waals surface area contributed by atoms with Gasteiger partial charge in [0, 0.05) is 19.0 Å². The predicted octanol–water partition coefficient (Wildman–Crippen LogP) is 3.24. The first kappa shape index (κ1) is 20.8. The fraction of sp³-hybridized carbons (Fsp3) is 0.391. The van der Waals surface area contributed by atoms with Crippen LogP contribution in [0.4, 0.5) is 10.5 Å². The molecule has 1 aromatic heterocycles. The highest BCUT2D eigenvalue weighted by molar-refractivity contribution is 6.07. The number of imide groups is 1. The largest absolute Gasteiger partial charge is 0.473 e. The van der Waals surface area contributed by atoms with Crippen molar-refractivity contribution in [2.45, 2.75) is 50.7 Å². The molecule has 1 spiro atoms. The molecule has 1 aliphatic heterocycles. The Morgan fingerprint density at radius 2 is 1.87 bits per heavy atom. The molecule has 2 heterocycles. The zero-order valence-corrected chi connectivity index (χ0v) is 17.3. The number of ether oxygens (including phenoxy) is 1. The van der Waals surface area contributed by atoms with E-state index in [2.05, 4.69) is 15.6 Å². The van der Waals surface area contributed by atoms with Crippen molar-refractivity contribution in [2.24, 2.45) is 0 Å². The van der Waals surface area contributed by atoms with Gasteiger partial charge in [0.2, 0.25) is 11.8 Å². The monoisotopic (exact) mass is 422 g/mol. The van der Waals surface area contributed by atoms with Crippen molar-refractivity contribution in [1.29, 1.82) is 0 Å². The third-order valence-electron chi connectivity index (χ3n) is 5.77. The summed E-state index contributed by atoms with van der Waals surface area (Å²) < 4.78 is 5.63. The number of rotatable bonds is 7. The van der Waals surface area contributed by atoms with Crippen LogP contribution in [0.5, 0.6) is 5.88 Å². The number of hydrogen-bond acceptors (Lipinski definition) is 5. The van der Waals surface area contributed by atoms with Gasteiger partial charge in [0.25, 0.3) is 5.91 Å². The number of amides is 4. The predicted molar refractivity (Wildman–Crippen MR) is 114 cm³/mol. The maximum atomic E-state index is 12.8. The van der Waals surface area contributed by atoms with Crippen LogP contribution >= 0.6 is 0 Å². The number of anilines is 1. The average Bonchev–Trinajstić information content (AvgIpc) is 3.01. The molecular weight excluding hydrogens is 396 g/mol. The lowest BCUT2D eigenvalue weighted by Crippen LogP contribution is -2.48. The summed E-state index contributed by atoms with van der Waals surface area (Å²) in [7, 11) is 0. The highest BCUT2D eigenvalue weighted by atomic mass is 16.5. The molecule has 0 bridgehead atoms. The molecule has 1 saturated heterocycles. The van der Waals surface area contributed by atoms with Crippen molar-refractivity contribution in [2.75, 3.05) is 11.9 Å². The first-order valence-electron chi connectivity index (χ1n) is 10.6. The summed E-state index contributed by atoms with van der Waals surface area (Å²) in [4.78, 5) is 42.7. The molecular formula is C23H26N4O4. The van der Waals surface area contributed by atoms with Crippen LogP contribution in [0.15, 0.2) is 48.7 Å². The summed E-state index contributed by atoms with van der Waals surface area (Å²) in [6.45, 7) is 0.469. The van der Waals surface area contributed by atoms with E-state index in [4.69, 9.17) is 4.74 Å². The van der Waals surface area contributed by atoms with Crippen molar-refractivity contribution in [3.8, 4) is 5.88 Å². The minimum Gasteiger partial charge on any atom is -0.473 e. The summed E-state index contributed by atoms with van der Waals surface area (Å²) in [5.41, 5.74) is 0.806. The molecule has 4 rings (SSSR count). The Hall–Kier alpha value is -3.42. The van der Waals surface area contributed by atoms with E-state index in [1.807, 2.05) is 30.3 Å². The summed E-state index contributed by atoms with van der Waals surface area (Å²) in [6, 6.07) is 12.8. The van der Waals surface area contributed by atoms with Crippen LogP contribution in [-0.2, 0) is 16.2 Å². The maximum absolute atomic E-state index is 12.8. The van der Waals surface area contributed by atoms with E-state index in [-0.39, 0.29) is 24.8 Å². The van der Waals surface area contributed by atoms with E-state index in [0.717, 1.165) is 24.8 Å². The van der Waals surface area contributed by atoms with Crippen LogP contribution in [0.25, 0.3) is 0 Å². The quantitative estimate of drug-likeness (QED) is 0.667. The van der Waals surface area contributed by atoms with Gasteiger partial charge in [-0.15, -0.1) is 0 Å². The third-order valence-corrected chi connectivity index (χ3v) is 5.77. The first-order valence-corrected chi connectivity index (χ1v) is 10.6. The SMILES string of the molecule is O=C(CCN1C(=O)NC2(CCCCC2)C1=O)Nc1ccc(OCc2ccccc2)nc1. The fourth-order valence-electron chi connectivity index (χ4n) is 4.08. The van der Waals surface area contributed by atoms with Crippen molar-refractivity contribution >= 4 is 23.5 Å². The Bertz CT molecular complexity index is 940. The highest BCUT2D eigenvalue weighted by Crippen LogP contribution is 2.33. The molecule has 31 heavy (non-hydrogen) atoms. The van der Waals surface area contributed by atoms with Crippen molar-refractivity contribution < 1.29 is 19.1 Å². The van der Waals surface area contributed by atoms with Gasteiger partial charge in [-0.2, -0.15) is 0 Å². The molecule has 2 aromatic rings. The van der Waals surface area contributed by atoms with E-state index in [9.17, 15) is 14.4 Å². The second-order valence-electron chi connectivity index (χ2n) is 7.99. The minimum absolute atomic E-state index is 0.0293. The van der Waals surface area contributed by atoms with E-state index in [1.54, 1.807) is 12.1 Å². The molecule has 2 N–H and O–H groups in total. The number of nitrogens with zero attached hydrogens (tertiary/aromatic N) is 2. The highest BCUT2D eigenvalue weighted by Gasteiger charge is 2.51. The molecule has 162 valence electrons. The van der Waals surface area contributed by atoms with Gasteiger partial charge in [-0.25, -0.2) is 9.78 Å². The van der Waals surface area contributed by atoms with Gasteiger partial charge in [0.05, 0.1) is 11.9 Å². The zero-order chi connectivity index (χ0) is 21.7. The fourth-order valence-corrected chi connectivity index (χ4v) is 4.08. The van der Waals surface area contributed by atoms with E-state index >= 15 is 0 Å². The van der Waals surface area contributed by atoms with Crippen LogP contribution in [0.2, 0.25) is 0 Å². The maximum Gasteiger partial charge on any atom is 0.325 e. The average molecular weight is 422 g/mol. The summed E-state index contributed by atoms with van der Waals surface area (Å²) in [6.07, 6.45) is 5.83. The van der Waals surface area contributed by atoms with Gasteiger partial charge >= 0.3 is 6.03 Å². The third kappa shape index (κ3) is 4.84. The van der Waals surface area contributed by atoms with Gasteiger partial charge < -0.3 is 15.4 Å². The standard InChI is InChI=1S/C23H26N4O4/c28-19(11-14-27-21(29)23(26-22(27)30)12-5-2-6-13-23)25-18-9-10-20(24-15-18)31-16-17-7-3-1-4-8-17/h1,3-4,7-10,15H,2,5-6,11-14,16H2,(H,25,28)(H,26,30). The minimum atomic E-state index is -0.759. The number of pyridine rings is 1. The van der Waals surface area contributed by atoms with Gasteiger partial charge in [-0.3, -0.25) is 14.5 Å². The van der Waals surface area contributed by atoms with E-state index < -0.39 is 11.6 Å². The number of hydrogen-bond donors (Lipinski definition) is 2. The molecule has 1 aromatic carbocycles. The van der Waals surface area contributed by atoms with Crippen LogP contribution in [0.1, 0.15) is 44.1 Å². The topological polar surface area (TPSA) is 101 Å². The van der Waals surface area contributed by atoms with E-state index in [0.29, 0.717) is 31.0 Å². The molecule has 8 nitrogen and oxygen atoms in total. The van der Waals surface area contributed by atoms with Crippen LogP contribution in [0, 0.1) is 0 Å². The lowest BCUT2D eigenvalue weighted by atomic mass is 9.82. The lowest BCUT2D eigenvalue weighted by molar-refractivity contribution is -0.132. The Labute approximate surface area is 181 Å². The van der Waals surface area contributed by atoms with E-state index in [1.165, 1.54) is 11.1 Å². The van der Waals surface area contributed by atoms with Crippen molar-refractivity contribution in [3.05, 3.63) is 54.2 Å². The normalized spacial score (nSPS) is 17.5. The number of carbonyl (C=O) groups is 3. The number of aromatic nitrogens is 1. The van der Waals surface area contributed by atoms with Crippen LogP contribution in [0.3, 0.4) is 0 Å². The van der Waals surface area contributed by atoms with Crippen LogP contribution in [-0.4, -0.2) is 39.8 Å². The summed E-state index contributed by atoms with van der Waals surface area (Å²) in [5, 5.41) is 5.60. The molecule has 2 aliphatic rings. The Balaban J connectivity index is 1.25. The lowest BCUT2D eigenvalue weighted by Gasteiger charge is -2.30. The Morgan fingerprint density at radius 3 is 2.58 bits per heavy atom. The molecule has 0 unspecified atom stereocenters. The van der Waals surface area contributed by atoms with Gasteiger partial charge in [-0.05, 0) is 24.5 Å². The number of nitrogens with one attached hydrogen (secondary N) is 2. The number of carbonyl (C=O) groups excluding carboxylic acids is 3. The summed E-state index contributed by atoms with van der Waals surface area (Å²) >= 11 is 0. The van der Waals surface area contributed by atoms with Crippen molar-refractivity contribution in [3.63, 3.8) is 0 Å². The number of benzene rings is 1. The molecule has 0 radical (unpaired) electrons. The second kappa shape index (κ2) is 9.16. The van der Waals surface area contributed by atoms with Gasteiger partial charge in [0.1, 0.15) is 12.1 Å². The molecule has 2 fully saturated rings. The Morgan fingerprint density at radius 1 is 1.10 bits per heavy atom. The second-order valence-corrected chi connectivity index (χ2v) is 7.99. The van der Waals surface area contributed by atoms with Crippen molar-refractivity contribution in [1.82, 2.24) is 15.2 Å². The Kier molecular flexibility index (Phi) is 6.16. The molecule has 0 atom stereocenters.